The van der Waals surface area contributed by atoms with Crippen LogP contribution in [-0.4, -0.2) is 17.3 Å². The maximum atomic E-state index is 13.3. The average molecular weight is 274 g/mol. The molecule has 2 atom stereocenters. The van der Waals surface area contributed by atoms with Crippen molar-refractivity contribution >= 4 is 5.84 Å². The van der Waals surface area contributed by atoms with Crippen LogP contribution in [0.2, 0.25) is 0 Å². The maximum absolute atomic E-state index is 13.3. The molecule has 2 aliphatic rings. The van der Waals surface area contributed by atoms with Gasteiger partial charge in [-0.2, -0.15) is 0 Å². The lowest BCUT2D eigenvalue weighted by Crippen LogP contribution is -2.27. The molecule has 2 unspecified atom stereocenters. The van der Waals surface area contributed by atoms with Gasteiger partial charge < -0.3 is 4.90 Å². The number of amidine groups is 1. The van der Waals surface area contributed by atoms with Crippen LogP contribution >= 0.6 is 0 Å². The predicted molar refractivity (Wildman–Crippen MR) is 79.4 cm³/mol. The Morgan fingerprint density at radius 3 is 3.00 bits per heavy atom. The van der Waals surface area contributed by atoms with Gasteiger partial charge in [-0.25, -0.2) is 4.39 Å². The van der Waals surface area contributed by atoms with Crippen molar-refractivity contribution in [2.75, 3.05) is 6.54 Å². The summed E-state index contributed by atoms with van der Waals surface area (Å²) < 4.78 is 13.3. The van der Waals surface area contributed by atoms with Gasteiger partial charge in [0.2, 0.25) is 0 Å². The molecule has 3 rings (SSSR count). The molecule has 1 aliphatic heterocycles. The minimum Gasteiger partial charge on any atom is -0.352 e. The van der Waals surface area contributed by atoms with E-state index in [1.54, 1.807) is 0 Å². The Bertz CT molecular complexity index is 512. The van der Waals surface area contributed by atoms with Crippen LogP contribution < -0.4 is 0 Å². The summed E-state index contributed by atoms with van der Waals surface area (Å²) in [5, 5.41) is 8.20. The summed E-state index contributed by atoms with van der Waals surface area (Å²) in [5.74, 6) is 1.94. The molecule has 0 bridgehead atoms. The molecule has 1 fully saturated rings. The largest absolute Gasteiger partial charge is 0.352 e. The van der Waals surface area contributed by atoms with Crippen molar-refractivity contribution in [3.63, 3.8) is 0 Å². The monoisotopic (exact) mass is 274 g/mol. The van der Waals surface area contributed by atoms with Gasteiger partial charge in [0.05, 0.1) is 0 Å². The molecule has 0 amide bonds. The second-order valence-electron chi connectivity index (χ2n) is 6.50. The molecule has 1 aromatic carbocycles. The number of rotatable bonds is 3. The third-order valence-corrected chi connectivity index (χ3v) is 4.86. The van der Waals surface area contributed by atoms with Crippen LogP contribution in [0.25, 0.3) is 0 Å². The summed E-state index contributed by atoms with van der Waals surface area (Å²) in [4.78, 5) is 2.10. The number of benzene rings is 1. The molecule has 1 N–H and O–H groups in total. The fourth-order valence-electron chi connectivity index (χ4n) is 3.71. The SMILES string of the molecule is CC1CCCC(CCN2Cc3ccc(F)cc3C2=N)C1. The predicted octanol–water partition coefficient (Wildman–Crippen LogP) is 4.18. The summed E-state index contributed by atoms with van der Waals surface area (Å²) in [5.41, 5.74) is 1.87. The van der Waals surface area contributed by atoms with Crippen LogP contribution in [0.5, 0.6) is 0 Å². The molecule has 2 nitrogen and oxygen atoms in total. The van der Waals surface area contributed by atoms with E-state index in [4.69, 9.17) is 5.41 Å². The van der Waals surface area contributed by atoms with Gasteiger partial charge in [-0.1, -0.05) is 32.3 Å². The van der Waals surface area contributed by atoms with E-state index in [1.165, 1.54) is 44.2 Å². The van der Waals surface area contributed by atoms with Gasteiger partial charge in [0.25, 0.3) is 0 Å². The molecule has 20 heavy (non-hydrogen) atoms. The van der Waals surface area contributed by atoms with Crippen LogP contribution in [0.4, 0.5) is 4.39 Å². The molecule has 3 heteroatoms. The van der Waals surface area contributed by atoms with Crippen molar-refractivity contribution < 1.29 is 4.39 Å². The van der Waals surface area contributed by atoms with Gasteiger partial charge in [-0.05, 0) is 42.4 Å². The molecular formula is C17H23FN2. The zero-order valence-corrected chi connectivity index (χ0v) is 12.2. The van der Waals surface area contributed by atoms with Gasteiger partial charge in [0.1, 0.15) is 11.7 Å². The van der Waals surface area contributed by atoms with Gasteiger partial charge in [0, 0.05) is 18.7 Å². The number of nitrogens with zero attached hydrogens (tertiary/aromatic N) is 1. The molecule has 0 spiro atoms. The fourth-order valence-corrected chi connectivity index (χ4v) is 3.71. The molecule has 108 valence electrons. The molecule has 1 saturated carbocycles. The highest BCUT2D eigenvalue weighted by atomic mass is 19.1. The summed E-state index contributed by atoms with van der Waals surface area (Å²) in [6.45, 7) is 4.06. The number of hydrogen-bond donors (Lipinski definition) is 1. The second-order valence-corrected chi connectivity index (χ2v) is 6.50. The summed E-state index contributed by atoms with van der Waals surface area (Å²) in [6.07, 6.45) is 6.58. The third-order valence-electron chi connectivity index (χ3n) is 4.86. The first-order chi connectivity index (χ1) is 9.63. The van der Waals surface area contributed by atoms with Crippen molar-refractivity contribution in [3.05, 3.63) is 35.1 Å². The Hall–Kier alpha value is -1.38. The van der Waals surface area contributed by atoms with Gasteiger partial charge in [0.15, 0.2) is 0 Å². The van der Waals surface area contributed by atoms with Gasteiger partial charge >= 0.3 is 0 Å². The van der Waals surface area contributed by atoms with Crippen molar-refractivity contribution in [2.45, 2.75) is 45.6 Å². The van der Waals surface area contributed by atoms with Crippen molar-refractivity contribution in [3.8, 4) is 0 Å². The van der Waals surface area contributed by atoms with E-state index >= 15 is 0 Å². The topological polar surface area (TPSA) is 27.1 Å². The lowest BCUT2D eigenvalue weighted by molar-refractivity contribution is 0.249. The normalized spacial score (nSPS) is 25.9. The lowest BCUT2D eigenvalue weighted by Gasteiger charge is -2.28. The van der Waals surface area contributed by atoms with Crippen LogP contribution in [-0.2, 0) is 6.54 Å². The van der Waals surface area contributed by atoms with Crippen LogP contribution in [0.3, 0.4) is 0 Å². The van der Waals surface area contributed by atoms with Crippen LogP contribution in [0, 0.1) is 23.1 Å². The second kappa shape index (κ2) is 5.55. The molecule has 0 radical (unpaired) electrons. The van der Waals surface area contributed by atoms with E-state index in [1.807, 2.05) is 6.07 Å². The van der Waals surface area contributed by atoms with Gasteiger partial charge in [-0.15, -0.1) is 0 Å². The Balaban J connectivity index is 1.59. The number of hydrogen-bond acceptors (Lipinski definition) is 1. The van der Waals surface area contributed by atoms with E-state index in [-0.39, 0.29) is 5.82 Å². The number of nitrogens with one attached hydrogen (secondary N) is 1. The van der Waals surface area contributed by atoms with E-state index in [0.717, 1.165) is 36.1 Å². The zero-order valence-electron chi connectivity index (χ0n) is 12.2. The van der Waals surface area contributed by atoms with E-state index < -0.39 is 0 Å². The number of halogens is 1. The van der Waals surface area contributed by atoms with Crippen molar-refractivity contribution in [1.29, 1.82) is 5.41 Å². The Kier molecular flexibility index (Phi) is 3.77. The third kappa shape index (κ3) is 2.72. The van der Waals surface area contributed by atoms with Gasteiger partial charge in [-0.3, -0.25) is 5.41 Å². The average Bonchev–Trinajstić information content (AvgIpc) is 2.73. The lowest BCUT2D eigenvalue weighted by atomic mass is 9.81. The molecule has 0 saturated heterocycles. The molecule has 0 aromatic heterocycles. The highest BCUT2D eigenvalue weighted by Gasteiger charge is 2.26. The standard InChI is InChI=1S/C17H23FN2/c1-12-3-2-4-13(9-12)7-8-20-11-14-5-6-15(18)10-16(14)17(20)19/h5-6,10,12-13,19H,2-4,7-9,11H2,1H3. The van der Waals surface area contributed by atoms with E-state index in [2.05, 4.69) is 11.8 Å². The highest BCUT2D eigenvalue weighted by molar-refractivity contribution is 6.00. The van der Waals surface area contributed by atoms with E-state index in [0.29, 0.717) is 5.84 Å². The molecule has 1 aromatic rings. The minimum absolute atomic E-state index is 0.239. The van der Waals surface area contributed by atoms with Crippen molar-refractivity contribution in [1.82, 2.24) is 4.90 Å². The first-order valence-electron chi connectivity index (χ1n) is 7.76. The van der Waals surface area contributed by atoms with Crippen molar-refractivity contribution in [2.24, 2.45) is 11.8 Å². The summed E-state index contributed by atoms with van der Waals surface area (Å²) >= 11 is 0. The highest BCUT2D eigenvalue weighted by Crippen LogP contribution is 2.32. The maximum Gasteiger partial charge on any atom is 0.128 e. The molecule has 1 aliphatic carbocycles. The molecule has 1 heterocycles. The molecular weight excluding hydrogens is 251 g/mol. The van der Waals surface area contributed by atoms with Crippen LogP contribution in [0.15, 0.2) is 18.2 Å². The summed E-state index contributed by atoms with van der Waals surface area (Å²) in [7, 11) is 0. The summed E-state index contributed by atoms with van der Waals surface area (Å²) in [6, 6.07) is 4.82. The first kappa shape index (κ1) is 13.6. The van der Waals surface area contributed by atoms with Crippen LogP contribution in [0.1, 0.15) is 50.2 Å². The smallest absolute Gasteiger partial charge is 0.128 e. The first-order valence-corrected chi connectivity index (χ1v) is 7.76. The number of fused-ring (bicyclic) bond motifs is 1. The Labute approximate surface area is 120 Å². The zero-order chi connectivity index (χ0) is 14.1. The van der Waals surface area contributed by atoms with E-state index in [9.17, 15) is 4.39 Å². The minimum atomic E-state index is -0.239. The fraction of sp³-hybridized carbons (Fsp3) is 0.588. The Morgan fingerprint density at radius 2 is 2.20 bits per heavy atom. The Morgan fingerprint density at radius 1 is 1.35 bits per heavy atom. The quantitative estimate of drug-likeness (QED) is 0.879.